The van der Waals surface area contributed by atoms with Gasteiger partial charge in [0, 0.05) is 19.3 Å². The summed E-state index contributed by atoms with van der Waals surface area (Å²) in [5.74, 6) is -0.513. The van der Waals surface area contributed by atoms with E-state index in [2.05, 4.69) is 10.3 Å². The zero-order valence-corrected chi connectivity index (χ0v) is 19.0. The Kier molecular flexibility index (Phi) is 7.55. The molecular formula is C24H27N3O3S. The third-order valence-electron chi connectivity index (χ3n) is 4.82. The van der Waals surface area contributed by atoms with E-state index in [-0.39, 0.29) is 11.8 Å². The van der Waals surface area contributed by atoms with E-state index in [1.807, 2.05) is 75.4 Å². The predicted molar refractivity (Wildman–Crippen MR) is 124 cm³/mol. The smallest absolute Gasteiger partial charge is 0.271 e. The molecule has 0 fully saturated rings. The number of anilines is 1. The number of thiazole rings is 1. The zero-order chi connectivity index (χ0) is 22.4. The molecule has 0 spiro atoms. The van der Waals surface area contributed by atoms with Gasteiger partial charge in [-0.25, -0.2) is 4.98 Å². The summed E-state index contributed by atoms with van der Waals surface area (Å²) >= 11 is 1.34. The molecule has 0 aliphatic heterocycles. The van der Waals surface area contributed by atoms with Crippen LogP contribution in [-0.2, 0) is 9.53 Å². The maximum absolute atomic E-state index is 13.8. The summed E-state index contributed by atoms with van der Waals surface area (Å²) in [5.41, 5.74) is 3.05. The number of aryl methyl sites for hydroxylation is 3. The Morgan fingerprint density at radius 3 is 2.45 bits per heavy atom. The molecule has 0 saturated heterocycles. The molecule has 0 saturated carbocycles. The maximum atomic E-state index is 13.8. The van der Waals surface area contributed by atoms with Gasteiger partial charge in [0.05, 0.1) is 17.3 Å². The Morgan fingerprint density at radius 1 is 1.10 bits per heavy atom. The molecule has 0 aliphatic carbocycles. The first-order chi connectivity index (χ1) is 14.9. The van der Waals surface area contributed by atoms with E-state index in [4.69, 9.17) is 4.74 Å². The molecule has 0 aliphatic rings. The monoisotopic (exact) mass is 437 g/mol. The van der Waals surface area contributed by atoms with E-state index in [1.165, 1.54) is 11.3 Å². The van der Waals surface area contributed by atoms with Crippen molar-refractivity contribution < 1.29 is 14.3 Å². The van der Waals surface area contributed by atoms with Crippen molar-refractivity contribution in [3.8, 4) is 0 Å². The van der Waals surface area contributed by atoms with Crippen LogP contribution in [0.15, 0.2) is 54.6 Å². The number of nitrogens with one attached hydrogen (secondary N) is 1. The van der Waals surface area contributed by atoms with Crippen molar-refractivity contribution in [2.75, 3.05) is 25.2 Å². The van der Waals surface area contributed by atoms with Crippen LogP contribution in [0.25, 0.3) is 0 Å². The van der Waals surface area contributed by atoms with E-state index < -0.39 is 6.04 Å². The number of carbonyl (C=O) groups excluding carboxylic acids is 2. The number of aromatic nitrogens is 1. The molecule has 6 nitrogen and oxygen atoms in total. The normalized spacial score (nSPS) is 11.7. The highest BCUT2D eigenvalue weighted by Crippen LogP contribution is 2.32. The summed E-state index contributed by atoms with van der Waals surface area (Å²) in [6.07, 6.45) is 0. The van der Waals surface area contributed by atoms with Crippen molar-refractivity contribution in [3.05, 3.63) is 81.3 Å². The molecule has 0 bridgehead atoms. The number of hydrogen-bond donors (Lipinski definition) is 1. The van der Waals surface area contributed by atoms with Crippen LogP contribution in [0.2, 0.25) is 0 Å². The first-order valence-electron chi connectivity index (χ1n) is 10.1. The number of carbonyl (C=O) groups is 2. The highest BCUT2D eigenvalue weighted by molar-refractivity contribution is 7.13. The summed E-state index contributed by atoms with van der Waals surface area (Å²) in [4.78, 5) is 33.7. The van der Waals surface area contributed by atoms with E-state index in [0.29, 0.717) is 29.4 Å². The van der Waals surface area contributed by atoms with Crippen molar-refractivity contribution in [1.82, 2.24) is 10.3 Å². The molecular weight excluding hydrogens is 410 g/mol. The molecule has 31 heavy (non-hydrogen) atoms. The number of hydrogen-bond acceptors (Lipinski definition) is 5. The van der Waals surface area contributed by atoms with Gasteiger partial charge in [0.15, 0.2) is 0 Å². The highest BCUT2D eigenvalue weighted by atomic mass is 32.1. The van der Waals surface area contributed by atoms with Gasteiger partial charge in [-0.3, -0.25) is 14.5 Å². The largest absolute Gasteiger partial charge is 0.383 e. The molecule has 3 rings (SSSR count). The average molecular weight is 438 g/mol. The Hall–Kier alpha value is -3.03. The quantitative estimate of drug-likeness (QED) is 0.536. The molecule has 2 amide bonds. The molecule has 1 aromatic heterocycles. The van der Waals surface area contributed by atoms with Gasteiger partial charge in [-0.2, -0.15) is 0 Å². The highest BCUT2D eigenvalue weighted by Gasteiger charge is 2.34. The SMILES string of the molecule is COCCNC(=O)[C@H](c1ccccc1)N(C(=O)c1sc(C)nc1C)c1cccc(C)c1. The van der Waals surface area contributed by atoms with Gasteiger partial charge in [0.25, 0.3) is 5.91 Å². The Labute approximate surface area is 186 Å². The first kappa shape index (κ1) is 22.7. The van der Waals surface area contributed by atoms with Gasteiger partial charge in [-0.1, -0.05) is 42.5 Å². The van der Waals surface area contributed by atoms with Crippen molar-refractivity contribution >= 4 is 28.8 Å². The Morgan fingerprint density at radius 2 is 1.84 bits per heavy atom. The molecule has 0 unspecified atom stereocenters. The lowest BCUT2D eigenvalue weighted by molar-refractivity contribution is -0.122. The fourth-order valence-electron chi connectivity index (χ4n) is 3.43. The van der Waals surface area contributed by atoms with Crippen LogP contribution in [-0.4, -0.2) is 37.1 Å². The molecule has 2 aromatic carbocycles. The predicted octanol–water partition coefficient (Wildman–Crippen LogP) is 4.22. The van der Waals surface area contributed by atoms with Gasteiger partial charge in [0.2, 0.25) is 5.91 Å². The number of rotatable bonds is 8. The lowest BCUT2D eigenvalue weighted by Gasteiger charge is -2.31. The number of benzene rings is 2. The fraction of sp³-hybridized carbons (Fsp3) is 0.292. The van der Waals surface area contributed by atoms with Gasteiger partial charge in [-0.15, -0.1) is 11.3 Å². The topological polar surface area (TPSA) is 71.5 Å². The summed E-state index contributed by atoms with van der Waals surface area (Å²) in [7, 11) is 1.58. The number of ether oxygens (including phenoxy) is 1. The average Bonchev–Trinajstić information content (AvgIpc) is 3.10. The second kappa shape index (κ2) is 10.3. The summed E-state index contributed by atoms with van der Waals surface area (Å²) in [5, 5.41) is 3.71. The first-order valence-corrected chi connectivity index (χ1v) is 10.9. The van der Waals surface area contributed by atoms with Crippen LogP contribution in [0.1, 0.15) is 37.5 Å². The van der Waals surface area contributed by atoms with Crippen molar-refractivity contribution in [1.29, 1.82) is 0 Å². The van der Waals surface area contributed by atoms with Crippen LogP contribution in [0.3, 0.4) is 0 Å². The fourth-order valence-corrected chi connectivity index (χ4v) is 4.28. The standard InChI is InChI=1S/C24H27N3O3S/c1-16-9-8-12-20(15-16)27(24(29)22-17(2)26-18(3)31-22)21(19-10-6-5-7-11-19)23(28)25-13-14-30-4/h5-12,15,21H,13-14H2,1-4H3,(H,25,28)/t21-/m0/s1. The van der Waals surface area contributed by atoms with E-state index in [9.17, 15) is 9.59 Å². The summed E-state index contributed by atoms with van der Waals surface area (Å²) < 4.78 is 5.07. The minimum Gasteiger partial charge on any atom is -0.383 e. The summed E-state index contributed by atoms with van der Waals surface area (Å²) in [6.45, 7) is 6.40. The molecule has 162 valence electrons. The van der Waals surface area contributed by atoms with Gasteiger partial charge in [0.1, 0.15) is 10.9 Å². The molecule has 1 heterocycles. The second-order valence-electron chi connectivity index (χ2n) is 7.26. The molecule has 3 aromatic rings. The van der Waals surface area contributed by atoms with E-state index >= 15 is 0 Å². The summed E-state index contributed by atoms with van der Waals surface area (Å²) in [6, 6.07) is 16.1. The van der Waals surface area contributed by atoms with Crippen LogP contribution in [0.4, 0.5) is 5.69 Å². The Balaban J connectivity index is 2.14. The van der Waals surface area contributed by atoms with Gasteiger partial charge >= 0.3 is 0 Å². The number of nitrogens with zero attached hydrogens (tertiary/aromatic N) is 2. The maximum Gasteiger partial charge on any atom is 0.271 e. The number of methoxy groups -OCH3 is 1. The van der Waals surface area contributed by atoms with E-state index in [1.54, 1.807) is 12.0 Å². The zero-order valence-electron chi connectivity index (χ0n) is 18.2. The lowest BCUT2D eigenvalue weighted by Crippen LogP contribution is -2.44. The lowest BCUT2D eigenvalue weighted by atomic mass is 10.0. The van der Waals surface area contributed by atoms with Gasteiger partial charge in [-0.05, 0) is 44.0 Å². The molecule has 7 heteroatoms. The molecule has 1 atom stereocenters. The van der Waals surface area contributed by atoms with Crippen molar-refractivity contribution in [3.63, 3.8) is 0 Å². The van der Waals surface area contributed by atoms with Crippen molar-refractivity contribution in [2.24, 2.45) is 0 Å². The minimum atomic E-state index is -0.839. The minimum absolute atomic E-state index is 0.246. The van der Waals surface area contributed by atoms with Crippen LogP contribution >= 0.6 is 11.3 Å². The molecule has 0 radical (unpaired) electrons. The van der Waals surface area contributed by atoms with Gasteiger partial charge < -0.3 is 10.1 Å². The van der Waals surface area contributed by atoms with Crippen LogP contribution < -0.4 is 10.2 Å². The molecule has 1 N–H and O–H groups in total. The van der Waals surface area contributed by atoms with Crippen LogP contribution in [0, 0.1) is 20.8 Å². The third-order valence-corrected chi connectivity index (χ3v) is 5.88. The van der Waals surface area contributed by atoms with Crippen molar-refractivity contribution in [2.45, 2.75) is 26.8 Å². The van der Waals surface area contributed by atoms with E-state index in [0.717, 1.165) is 16.1 Å². The van der Waals surface area contributed by atoms with Crippen LogP contribution in [0.5, 0.6) is 0 Å². The third kappa shape index (κ3) is 5.37. The Bertz CT molecular complexity index is 1050. The second-order valence-corrected chi connectivity index (χ2v) is 8.46. The number of amides is 2.